The summed E-state index contributed by atoms with van der Waals surface area (Å²) in [7, 11) is 0. The molecule has 4 rings (SSSR count). The van der Waals surface area contributed by atoms with Crippen LogP contribution in [0.2, 0.25) is 0 Å². The number of carbonyl (C=O) groups excluding carboxylic acids is 1. The minimum atomic E-state index is -1.27. The summed E-state index contributed by atoms with van der Waals surface area (Å²) in [5.41, 5.74) is 1.64. The first-order valence-corrected chi connectivity index (χ1v) is 10.5. The highest BCUT2D eigenvalue weighted by Crippen LogP contribution is 2.25. The Morgan fingerprint density at radius 2 is 1.65 bits per heavy atom. The highest BCUT2D eigenvalue weighted by atomic mass is 16.6. The summed E-state index contributed by atoms with van der Waals surface area (Å²) in [5, 5.41) is 48.5. The van der Waals surface area contributed by atoms with E-state index < -0.39 is 37.1 Å². The molecule has 176 valence electrons. The molecule has 9 nitrogen and oxygen atoms in total. The van der Waals surface area contributed by atoms with Gasteiger partial charge >= 0.3 is 5.97 Å². The van der Waals surface area contributed by atoms with E-state index in [2.05, 4.69) is 0 Å². The van der Waals surface area contributed by atoms with Gasteiger partial charge in [-0.15, -0.1) is 0 Å². The summed E-state index contributed by atoms with van der Waals surface area (Å²) in [6.45, 7) is -0.446. The van der Waals surface area contributed by atoms with E-state index in [0.29, 0.717) is 11.3 Å². The van der Waals surface area contributed by atoms with E-state index in [9.17, 15) is 30.3 Å². The third-order valence-electron chi connectivity index (χ3n) is 5.35. The molecule has 4 atom stereocenters. The van der Waals surface area contributed by atoms with E-state index in [4.69, 9.17) is 9.47 Å². The first-order valence-electron chi connectivity index (χ1n) is 10.5. The molecular weight excluding hydrogens is 442 g/mol. The first-order chi connectivity index (χ1) is 16.3. The van der Waals surface area contributed by atoms with Gasteiger partial charge < -0.3 is 35.0 Å². The monoisotopic (exact) mass is 466 g/mol. The molecule has 0 bridgehead atoms. The molecule has 34 heavy (non-hydrogen) atoms. The van der Waals surface area contributed by atoms with E-state index in [-0.39, 0.29) is 17.1 Å². The third-order valence-corrected chi connectivity index (χ3v) is 5.35. The fourth-order valence-corrected chi connectivity index (χ4v) is 3.62. The number of aromatic nitrogens is 1. The van der Waals surface area contributed by atoms with Crippen molar-refractivity contribution in [2.24, 2.45) is 0 Å². The lowest BCUT2D eigenvalue weighted by Gasteiger charge is -2.10. The van der Waals surface area contributed by atoms with Gasteiger partial charge in [0.2, 0.25) is 0 Å². The smallest absolute Gasteiger partial charge is 0.349 e. The number of carbonyl (C=O) groups is 1. The zero-order valence-corrected chi connectivity index (χ0v) is 17.9. The Kier molecular flexibility index (Phi) is 6.90. The number of esters is 1. The van der Waals surface area contributed by atoms with Crippen molar-refractivity contribution in [3.8, 4) is 17.2 Å². The van der Waals surface area contributed by atoms with E-state index >= 15 is 0 Å². The van der Waals surface area contributed by atoms with E-state index in [0.717, 1.165) is 5.56 Å². The minimum Gasteiger partial charge on any atom is -0.508 e. The Morgan fingerprint density at radius 3 is 2.29 bits per heavy atom. The minimum absolute atomic E-state index is 0.0393. The lowest BCUT2D eigenvalue weighted by molar-refractivity contribution is -0.765. The van der Waals surface area contributed by atoms with Crippen molar-refractivity contribution in [1.29, 1.82) is 0 Å². The van der Waals surface area contributed by atoms with Gasteiger partial charge in [-0.1, -0.05) is 24.3 Å². The molecule has 1 aromatic heterocycles. The van der Waals surface area contributed by atoms with Crippen molar-refractivity contribution in [2.45, 2.75) is 24.5 Å². The largest absolute Gasteiger partial charge is 0.508 e. The van der Waals surface area contributed by atoms with Gasteiger partial charge in [-0.3, -0.25) is 0 Å². The maximum absolute atomic E-state index is 12.6. The van der Waals surface area contributed by atoms with Gasteiger partial charge in [0.05, 0.1) is 6.61 Å². The molecule has 0 aliphatic carbocycles. The van der Waals surface area contributed by atoms with Crippen molar-refractivity contribution < 1.29 is 44.4 Å². The maximum atomic E-state index is 12.6. The number of ether oxygens (including phenoxy) is 2. The average molecular weight is 466 g/mol. The fraction of sp³-hybridized carbons (Fsp3) is 0.200. The van der Waals surface area contributed by atoms with Crippen molar-refractivity contribution in [3.05, 3.63) is 83.7 Å². The molecule has 1 aliphatic heterocycles. The van der Waals surface area contributed by atoms with Gasteiger partial charge in [-0.25, -0.2) is 4.79 Å². The van der Waals surface area contributed by atoms with Crippen LogP contribution in [0.5, 0.6) is 17.2 Å². The van der Waals surface area contributed by atoms with Gasteiger partial charge in [0.1, 0.15) is 35.0 Å². The van der Waals surface area contributed by atoms with Crippen LogP contribution in [0.3, 0.4) is 0 Å². The van der Waals surface area contributed by atoms with Gasteiger partial charge in [0.15, 0.2) is 18.5 Å². The number of pyridine rings is 1. The van der Waals surface area contributed by atoms with Gasteiger partial charge in [0.25, 0.3) is 6.23 Å². The number of phenolic OH excluding ortho intramolecular Hbond substituents is 2. The summed E-state index contributed by atoms with van der Waals surface area (Å²) >= 11 is 0. The Labute approximate surface area is 195 Å². The molecule has 3 aromatic rings. The highest BCUT2D eigenvalue weighted by Gasteiger charge is 2.48. The number of aliphatic hydroxyl groups excluding tert-OH is 3. The van der Waals surface area contributed by atoms with Crippen LogP contribution in [-0.4, -0.2) is 56.4 Å². The third kappa shape index (κ3) is 5.24. The SMILES string of the molecule is O=C(Oc1ccc(/C=C/c2cc(O)cc(O)c2)cc1)c1ccc[n+]([C@@H]2O[C@H](CO)[C@@H](O)[C@H]2O)c1. The van der Waals surface area contributed by atoms with Crippen molar-refractivity contribution >= 4 is 18.1 Å². The highest BCUT2D eigenvalue weighted by molar-refractivity contribution is 5.90. The van der Waals surface area contributed by atoms with Gasteiger partial charge in [-0.05, 0) is 41.5 Å². The second kappa shape index (κ2) is 10.0. The summed E-state index contributed by atoms with van der Waals surface area (Å²) < 4.78 is 12.3. The lowest BCUT2D eigenvalue weighted by atomic mass is 10.1. The number of phenols is 2. The number of aromatic hydroxyl groups is 2. The molecular formula is C25H24NO8+. The molecule has 0 spiro atoms. The van der Waals surface area contributed by atoms with Crippen LogP contribution < -0.4 is 9.30 Å². The van der Waals surface area contributed by atoms with Crippen LogP contribution in [0.25, 0.3) is 12.2 Å². The fourth-order valence-electron chi connectivity index (χ4n) is 3.62. The van der Waals surface area contributed by atoms with Crippen molar-refractivity contribution in [2.75, 3.05) is 6.61 Å². The molecule has 5 N–H and O–H groups in total. The Balaban J connectivity index is 1.42. The van der Waals surface area contributed by atoms with Gasteiger partial charge in [-0.2, -0.15) is 4.57 Å². The van der Waals surface area contributed by atoms with E-state index in [1.807, 2.05) is 0 Å². The second-order valence-corrected chi connectivity index (χ2v) is 7.84. The van der Waals surface area contributed by atoms with E-state index in [1.54, 1.807) is 54.7 Å². The first kappa shape index (κ1) is 23.4. The number of benzene rings is 2. The predicted molar refractivity (Wildman–Crippen MR) is 120 cm³/mol. The van der Waals surface area contributed by atoms with Crippen LogP contribution in [0.4, 0.5) is 0 Å². The molecule has 0 amide bonds. The lowest BCUT2D eigenvalue weighted by Crippen LogP contribution is -2.46. The standard InChI is InChI=1S/C25H23NO8/c27-14-21-22(30)23(31)24(34-21)26-9-1-2-17(13-26)25(32)33-20-7-5-15(6-8-20)3-4-16-10-18(28)12-19(29)11-16/h1-13,21-24,27,30-31H,14H2,(H-,28,29)/p+1/b4-3+/t21-,22-,23-,24-/m1/s1. The topological polar surface area (TPSA) is 141 Å². The Morgan fingerprint density at radius 1 is 0.971 bits per heavy atom. The quantitative estimate of drug-likeness (QED) is 0.159. The number of hydrogen-bond donors (Lipinski definition) is 5. The summed E-state index contributed by atoms with van der Waals surface area (Å²) in [5.74, 6) is -0.384. The summed E-state index contributed by atoms with van der Waals surface area (Å²) in [6.07, 6.45) is 2.12. The molecule has 1 aliphatic rings. The Bertz CT molecular complexity index is 1170. The normalized spacial score (nSPS) is 22.2. The zero-order valence-electron chi connectivity index (χ0n) is 17.9. The van der Waals surface area contributed by atoms with Crippen LogP contribution in [-0.2, 0) is 4.74 Å². The Hall–Kier alpha value is -3.76. The van der Waals surface area contributed by atoms with Crippen LogP contribution in [0, 0.1) is 0 Å². The number of rotatable bonds is 6. The average Bonchev–Trinajstić information content (AvgIpc) is 3.12. The maximum Gasteiger partial charge on any atom is 0.349 e. The van der Waals surface area contributed by atoms with Gasteiger partial charge in [0, 0.05) is 12.1 Å². The number of hydrogen-bond acceptors (Lipinski definition) is 8. The molecule has 0 unspecified atom stereocenters. The molecule has 9 heteroatoms. The molecule has 2 heterocycles. The van der Waals surface area contributed by atoms with Crippen molar-refractivity contribution in [1.82, 2.24) is 0 Å². The summed E-state index contributed by atoms with van der Waals surface area (Å²) in [4.78, 5) is 12.6. The van der Waals surface area contributed by atoms with Crippen LogP contribution in [0.15, 0.2) is 67.0 Å². The molecule has 2 aromatic carbocycles. The number of aliphatic hydroxyl groups is 3. The second-order valence-electron chi connectivity index (χ2n) is 7.84. The van der Waals surface area contributed by atoms with Crippen LogP contribution >= 0.6 is 0 Å². The van der Waals surface area contributed by atoms with Crippen LogP contribution in [0.1, 0.15) is 27.7 Å². The predicted octanol–water partition coefficient (Wildman–Crippen LogP) is 1.39. The zero-order chi connectivity index (χ0) is 24.2. The number of nitrogens with zero attached hydrogens (tertiary/aromatic N) is 1. The van der Waals surface area contributed by atoms with Crippen molar-refractivity contribution in [3.63, 3.8) is 0 Å². The molecule has 1 fully saturated rings. The summed E-state index contributed by atoms with van der Waals surface area (Å²) in [6, 6.07) is 14.1. The molecule has 0 radical (unpaired) electrons. The molecule has 1 saturated heterocycles. The van der Waals surface area contributed by atoms with E-state index in [1.165, 1.54) is 29.0 Å². The molecule has 0 saturated carbocycles.